The number of piperazine rings is 2. The maximum absolute atomic E-state index is 13.7. The summed E-state index contributed by atoms with van der Waals surface area (Å²) in [4.78, 5) is 17.5. The van der Waals surface area contributed by atoms with Crippen LogP contribution in [-0.2, 0) is 9.53 Å². The van der Waals surface area contributed by atoms with E-state index in [4.69, 9.17) is 4.74 Å². The number of hydrogen-bond donors (Lipinski definition) is 1. The van der Waals surface area contributed by atoms with Crippen LogP contribution in [-0.4, -0.2) is 75.9 Å². The van der Waals surface area contributed by atoms with Crippen molar-refractivity contribution in [1.29, 1.82) is 0 Å². The van der Waals surface area contributed by atoms with E-state index in [0.29, 0.717) is 44.2 Å². The van der Waals surface area contributed by atoms with Crippen molar-refractivity contribution in [2.24, 2.45) is 0 Å². The van der Waals surface area contributed by atoms with Crippen LogP contribution in [0.4, 0.5) is 28.9 Å². The van der Waals surface area contributed by atoms with Crippen LogP contribution in [0.15, 0.2) is 36.4 Å². The van der Waals surface area contributed by atoms with Gasteiger partial charge in [0.25, 0.3) is 0 Å². The topological polar surface area (TPSA) is 48.1 Å². The fourth-order valence-corrected chi connectivity index (χ4v) is 4.14. The molecule has 0 amide bonds. The predicted molar refractivity (Wildman–Crippen MR) is 128 cm³/mol. The zero-order valence-electron chi connectivity index (χ0n) is 20.1. The van der Waals surface area contributed by atoms with Gasteiger partial charge in [0.2, 0.25) is 0 Å². The van der Waals surface area contributed by atoms with E-state index in [1.165, 1.54) is 24.3 Å². The molecule has 1 N–H and O–H groups in total. The summed E-state index contributed by atoms with van der Waals surface area (Å²) in [6, 6.07) is 7.02. The van der Waals surface area contributed by atoms with Crippen molar-refractivity contribution in [1.82, 2.24) is 10.2 Å². The van der Waals surface area contributed by atoms with Crippen LogP contribution in [0.3, 0.4) is 0 Å². The summed E-state index contributed by atoms with van der Waals surface area (Å²) in [5.74, 6) is -2.38. The molecule has 192 valence electrons. The normalized spacial score (nSPS) is 17.4. The van der Waals surface area contributed by atoms with Gasteiger partial charge in [-0.05, 0) is 38.1 Å². The molecule has 1 unspecified atom stereocenters. The summed E-state index contributed by atoms with van der Waals surface area (Å²) in [7, 11) is 0. The lowest BCUT2D eigenvalue weighted by Gasteiger charge is -2.38. The van der Waals surface area contributed by atoms with E-state index < -0.39 is 23.3 Å². The molecule has 2 aromatic rings. The Kier molecular flexibility index (Phi) is 9.73. The van der Waals surface area contributed by atoms with Crippen molar-refractivity contribution in [3.05, 3.63) is 59.7 Å². The summed E-state index contributed by atoms with van der Waals surface area (Å²) in [5.41, 5.74) is 0.896. The van der Waals surface area contributed by atoms with Gasteiger partial charge in [-0.2, -0.15) is 0 Å². The molecule has 6 nitrogen and oxygen atoms in total. The Morgan fingerprint density at radius 2 is 1.34 bits per heavy atom. The Bertz CT molecular complexity index is 980. The quantitative estimate of drug-likeness (QED) is 0.506. The molecular weight excluding hydrogens is 464 g/mol. The number of halogens is 4. The smallest absolute Gasteiger partial charge is 0.323 e. The Labute approximate surface area is 203 Å². The summed E-state index contributed by atoms with van der Waals surface area (Å²) in [6.45, 7) is 9.63. The van der Waals surface area contributed by atoms with Crippen LogP contribution in [0.2, 0.25) is 0 Å². The van der Waals surface area contributed by atoms with Gasteiger partial charge in [-0.3, -0.25) is 9.69 Å². The van der Waals surface area contributed by atoms with Crippen LogP contribution in [0.25, 0.3) is 0 Å². The van der Waals surface area contributed by atoms with Crippen LogP contribution in [0, 0.1) is 23.3 Å². The van der Waals surface area contributed by atoms with Gasteiger partial charge in [-0.15, -0.1) is 0 Å². The second-order valence-corrected chi connectivity index (χ2v) is 8.38. The number of carbonyl (C=O) groups is 1. The lowest BCUT2D eigenvalue weighted by molar-refractivity contribution is -0.149. The molecular formula is C25H32F4N4O2. The fraction of sp³-hybridized carbons (Fsp3) is 0.480. The maximum Gasteiger partial charge on any atom is 0.323 e. The van der Waals surface area contributed by atoms with E-state index in [9.17, 15) is 22.4 Å². The minimum atomic E-state index is -0.578. The number of carbonyl (C=O) groups excluding carboxylic acids is 1. The first-order valence-corrected chi connectivity index (χ1v) is 11.8. The van der Waals surface area contributed by atoms with E-state index >= 15 is 0 Å². The van der Waals surface area contributed by atoms with Crippen LogP contribution in [0.5, 0.6) is 0 Å². The highest BCUT2D eigenvalue weighted by molar-refractivity contribution is 5.75. The molecule has 0 spiro atoms. The first-order valence-electron chi connectivity index (χ1n) is 11.8. The lowest BCUT2D eigenvalue weighted by Crippen LogP contribution is -2.52. The fourth-order valence-electron chi connectivity index (χ4n) is 4.14. The minimum absolute atomic E-state index is 0.237. The molecule has 35 heavy (non-hydrogen) atoms. The van der Waals surface area contributed by atoms with Gasteiger partial charge in [0.1, 0.15) is 29.3 Å². The molecule has 1 atom stereocenters. The second kappa shape index (κ2) is 12.7. The third-order valence-electron chi connectivity index (χ3n) is 6.11. The average molecular weight is 497 g/mol. The van der Waals surface area contributed by atoms with Crippen molar-refractivity contribution >= 4 is 17.3 Å². The van der Waals surface area contributed by atoms with Crippen LogP contribution in [0.1, 0.15) is 13.8 Å². The Morgan fingerprint density at radius 3 is 1.80 bits per heavy atom. The Morgan fingerprint density at radius 1 is 0.857 bits per heavy atom. The van der Waals surface area contributed by atoms with Gasteiger partial charge in [0.15, 0.2) is 0 Å². The highest BCUT2D eigenvalue weighted by atomic mass is 19.1. The number of benzene rings is 2. The van der Waals surface area contributed by atoms with E-state index in [1.807, 2.05) is 21.6 Å². The van der Waals surface area contributed by atoms with Crippen molar-refractivity contribution in [3.63, 3.8) is 0 Å². The maximum atomic E-state index is 13.7. The largest absolute Gasteiger partial charge is 0.465 e. The molecule has 4 rings (SSSR count). The van der Waals surface area contributed by atoms with Gasteiger partial charge in [0, 0.05) is 64.5 Å². The van der Waals surface area contributed by atoms with Crippen molar-refractivity contribution in [2.45, 2.75) is 19.9 Å². The SMILES string of the molecule is CCOC(=O)C(C)N1CCN(c2ccc(F)cc2F)CC1.Fc1ccc(N2CCNCC2)c(F)c1. The van der Waals surface area contributed by atoms with E-state index in [2.05, 4.69) is 5.32 Å². The highest BCUT2D eigenvalue weighted by Gasteiger charge is 2.27. The van der Waals surface area contributed by atoms with E-state index in [1.54, 1.807) is 6.92 Å². The molecule has 2 saturated heterocycles. The van der Waals surface area contributed by atoms with Gasteiger partial charge >= 0.3 is 5.97 Å². The molecule has 2 aromatic carbocycles. The molecule has 0 saturated carbocycles. The van der Waals surface area contributed by atoms with Crippen molar-refractivity contribution < 1.29 is 27.1 Å². The second-order valence-electron chi connectivity index (χ2n) is 8.38. The number of ether oxygens (including phenoxy) is 1. The van der Waals surface area contributed by atoms with Gasteiger partial charge in [-0.1, -0.05) is 0 Å². The predicted octanol–water partition coefficient (Wildman–Crippen LogP) is 3.41. The van der Waals surface area contributed by atoms with Crippen molar-refractivity contribution in [3.8, 4) is 0 Å². The lowest BCUT2D eigenvalue weighted by atomic mass is 10.2. The highest BCUT2D eigenvalue weighted by Crippen LogP contribution is 2.22. The number of anilines is 2. The molecule has 2 aliphatic rings. The molecule has 2 aliphatic heterocycles. The summed E-state index contributed by atoms with van der Waals surface area (Å²) in [6.07, 6.45) is 0. The monoisotopic (exact) mass is 496 g/mol. The number of rotatable bonds is 5. The first kappa shape index (κ1) is 26.7. The zero-order valence-corrected chi connectivity index (χ0v) is 20.1. The summed E-state index contributed by atoms with van der Waals surface area (Å²) in [5, 5.41) is 3.18. The van der Waals surface area contributed by atoms with Gasteiger partial charge in [0.05, 0.1) is 18.0 Å². The molecule has 2 heterocycles. The average Bonchev–Trinajstić information content (AvgIpc) is 2.85. The van der Waals surface area contributed by atoms with Crippen molar-refractivity contribution in [2.75, 3.05) is 68.8 Å². The standard InChI is InChI=1S/C15H20F2N2O2.C10H12F2N2/c1-3-21-15(20)11(2)18-6-8-19(9-7-18)14-5-4-12(16)10-13(14)17;11-8-1-2-10(9(12)7-8)14-5-3-13-4-6-14/h4-5,10-11H,3,6-9H2,1-2H3;1-2,7,13H,3-6H2. The molecule has 0 bridgehead atoms. The van der Waals surface area contributed by atoms with Gasteiger partial charge < -0.3 is 19.9 Å². The van der Waals surface area contributed by atoms with Crippen LogP contribution < -0.4 is 15.1 Å². The minimum Gasteiger partial charge on any atom is -0.465 e. The summed E-state index contributed by atoms with van der Waals surface area (Å²) >= 11 is 0. The molecule has 10 heteroatoms. The molecule has 0 aromatic heterocycles. The third kappa shape index (κ3) is 7.32. The number of nitrogens with one attached hydrogen (secondary N) is 1. The summed E-state index contributed by atoms with van der Waals surface area (Å²) < 4.78 is 57.7. The Balaban J connectivity index is 0.000000211. The number of hydrogen-bond acceptors (Lipinski definition) is 6. The Hall–Kier alpha value is -2.85. The zero-order chi connectivity index (χ0) is 25.4. The van der Waals surface area contributed by atoms with Gasteiger partial charge in [-0.25, -0.2) is 17.6 Å². The first-order chi connectivity index (χ1) is 16.8. The third-order valence-corrected chi connectivity index (χ3v) is 6.11. The van der Waals surface area contributed by atoms with Crippen LogP contribution >= 0.6 is 0 Å². The molecule has 0 radical (unpaired) electrons. The van der Waals surface area contributed by atoms with E-state index in [0.717, 1.165) is 38.3 Å². The number of nitrogens with zero attached hydrogens (tertiary/aromatic N) is 3. The van der Waals surface area contributed by atoms with E-state index in [-0.39, 0.29) is 12.0 Å². The molecule has 2 fully saturated rings. The number of esters is 1. The molecule has 0 aliphatic carbocycles.